The molecule has 186 valence electrons. The van der Waals surface area contributed by atoms with Gasteiger partial charge in [0.15, 0.2) is 5.78 Å². The Morgan fingerprint density at radius 3 is 2.51 bits per heavy atom. The number of sulfonamides is 1. The SMILES string of the molecule is CNC(=O)CS(=O)(=O)N1CCCC(CC(=O)c2cc3c(Cl)c(Cl)ccc3n2C)(c2ccccc2)C1. The lowest BCUT2D eigenvalue weighted by atomic mass is 9.71. The Bertz CT molecular complexity index is 1390. The third-order valence-corrected chi connectivity index (χ3v) is 9.36. The lowest BCUT2D eigenvalue weighted by Crippen LogP contribution is -2.51. The second-order valence-corrected chi connectivity index (χ2v) is 11.7. The molecule has 0 saturated carbocycles. The second-order valence-electron chi connectivity index (χ2n) is 9.00. The van der Waals surface area contributed by atoms with E-state index in [0.29, 0.717) is 40.5 Å². The number of ketones is 1. The standard InChI is InChI=1S/C25H27Cl2N3O4S/c1-28-23(32)15-35(33,34)30-12-6-11-25(16-30,17-7-4-3-5-8-17)14-22(31)21-13-18-20(29(21)2)10-9-19(26)24(18)27/h3-5,7-10,13H,6,11-12,14-16H2,1-2H3,(H,28,32). The number of Topliss-reactive ketones (excluding diaryl/α,β-unsaturated/α-hetero) is 1. The Labute approximate surface area is 215 Å². The number of carbonyl (C=O) groups is 2. The number of fused-ring (bicyclic) bond motifs is 1. The van der Waals surface area contributed by atoms with Crippen LogP contribution in [0.5, 0.6) is 0 Å². The van der Waals surface area contributed by atoms with E-state index >= 15 is 0 Å². The maximum Gasteiger partial charge on any atom is 0.236 e. The third-order valence-electron chi connectivity index (χ3n) is 6.81. The van der Waals surface area contributed by atoms with Crippen molar-refractivity contribution in [3.63, 3.8) is 0 Å². The third kappa shape index (κ3) is 4.98. The van der Waals surface area contributed by atoms with Gasteiger partial charge < -0.3 is 9.88 Å². The fourth-order valence-corrected chi connectivity index (χ4v) is 6.83. The number of amides is 1. The summed E-state index contributed by atoms with van der Waals surface area (Å²) in [6.07, 6.45) is 1.33. The lowest BCUT2D eigenvalue weighted by Gasteiger charge is -2.42. The van der Waals surface area contributed by atoms with Crippen molar-refractivity contribution < 1.29 is 18.0 Å². The van der Waals surface area contributed by atoms with Crippen LogP contribution in [0.4, 0.5) is 0 Å². The molecule has 1 aromatic heterocycles. The van der Waals surface area contributed by atoms with Crippen molar-refractivity contribution in [3.8, 4) is 0 Å². The average Bonchev–Trinajstić information content (AvgIpc) is 3.19. The zero-order valence-corrected chi connectivity index (χ0v) is 21.9. The quantitative estimate of drug-likeness (QED) is 0.460. The summed E-state index contributed by atoms with van der Waals surface area (Å²) >= 11 is 12.6. The van der Waals surface area contributed by atoms with E-state index in [2.05, 4.69) is 5.32 Å². The van der Waals surface area contributed by atoms with Crippen LogP contribution >= 0.6 is 23.2 Å². The van der Waals surface area contributed by atoms with E-state index in [-0.39, 0.29) is 18.7 Å². The summed E-state index contributed by atoms with van der Waals surface area (Å²) in [6.45, 7) is 0.433. The van der Waals surface area contributed by atoms with Gasteiger partial charge in [0, 0.05) is 49.9 Å². The number of nitrogens with zero attached hydrogens (tertiary/aromatic N) is 2. The van der Waals surface area contributed by atoms with Gasteiger partial charge in [-0.2, -0.15) is 0 Å². The largest absolute Gasteiger partial charge is 0.358 e. The van der Waals surface area contributed by atoms with Gasteiger partial charge in [-0.1, -0.05) is 53.5 Å². The minimum atomic E-state index is -3.84. The van der Waals surface area contributed by atoms with Gasteiger partial charge >= 0.3 is 0 Å². The predicted molar refractivity (Wildman–Crippen MR) is 139 cm³/mol. The van der Waals surface area contributed by atoms with Crippen LogP contribution < -0.4 is 5.32 Å². The Balaban J connectivity index is 1.72. The van der Waals surface area contributed by atoms with Crippen LogP contribution in [0.15, 0.2) is 48.5 Å². The van der Waals surface area contributed by atoms with Gasteiger partial charge in [0.1, 0.15) is 5.75 Å². The molecule has 3 aromatic rings. The molecule has 1 atom stereocenters. The number of aromatic nitrogens is 1. The summed E-state index contributed by atoms with van der Waals surface area (Å²) in [5, 5.41) is 3.86. The molecular formula is C25H27Cl2N3O4S. The Kier molecular flexibility index (Phi) is 7.29. The van der Waals surface area contributed by atoms with Crippen molar-refractivity contribution in [2.45, 2.75) is 24.7 Å². The number of halogens is 2. The number of rotatable bonds is 7. The Hall–Kier alpha value is -2.39. The number of hydrogen-bond donors (Lipinski definition) is 1. The molecule has 0 aliphatic carbocycles. The molecule has 2 heterocycles. The Morgan fingerprint density at radius 1 is 1.11 bits per heavy atom. The van der Waals surface area contributed by atoms with E-state index < -0.39 is 27.1 Å². The Morgan fingerprint density at radius 2 is 1.83 bits per heavy atom. The fourth-order valence-electron chi connectivity index (χ4n) is 4.94. The van der Waals surface area contributed by atoms with Crippen molar-refractivity contribution in [2.24, 2.45) is 7.05 Å². The van der Waals surface area contributed by atoms with Crippen LogP contribution in [0.2, 0.25) is 10.0 Å². The predicted octanol–water partition coefficient (Wildman–Crippen LogP) is 4.17. The molecule has 1 N–H and O–H groups in total. The molecular weight excluding hydrogens is 509 g/mol. The summed E-state index contributed by atoms with van der Waals surface area (Å²) in [7, 11) is -0.632. The number of carbonyl (C=O) groups excluding carboxylic acids is 2. The molecule has 0 spiro atoms. The minimum absolute atomic E-state index is 0.110. The van der Waals surface area contributed by atoms with E-state index in [9.17, 15) is 18.0 Å². The van der Waals surface area contributed by atoms with Crippen LogP contribution in [0.25, 0.3) is 10.9 Å². The average molecular weight is 536 g/mol. The molecule has 1 unspecified atom stereocenters. The molecule has 1 saturated heterocycles. The summed E-state index contributed by atoms with van der Waals surface area (Å²) in [6, 6.07) is 14.8. The zero-order chi connectivity index (χ0) is 25.4. The topological polar surface area (TPSA) is 88.5 Å². The van der Waals surface area contributed by atoms with E-state index in [0.717, 1.165) is 11.1 Å². The highest BCUT2D eigenvalue weighted by molar-refractivity contribution is 7.89. The van der Waals surface area contributed by atoms with Gasteiger partial charge in [-0.3, -0.25) is 9.59 Å². The maximum atomic E-state index is 13.7. The number of piperidine rings is 1. The first-order chi connectivity index (χ1) is 16.6. The van der Waals surface area contributed by atoms with Gasteiger partial charge in [0.25, 0.3) is 0 Å². The molecule has 0 bridgehead atoms. The number of aryl methyl sites for hydroxylation is 1. The van der Waals surface area contributed by atoms with Crippen molar-refractivity contribution in [2.75, 3.05) is 25.9 Å². The van der Waals surface area contributed by atoms with Crippen molar-refractivity contribution in [1.82, 2.24) is 14.2 Å². The van der Waals surface area contributed by atoms with Gasteiger partial charge in [0.2, 0.25) is 15.9 Å². The lowest BCUT2D eigenvalue weighted by molar-refractivity contribution is -0.118. The van der Waals surface area contributed by atoms with Gasteiger partial charge in [0.05, 0.1) is 15.7 Å². The van der Waals surface area contributed by atoms with Crippen molar-refractivity contribution in [1.29, 1.82) is 0 Å². The van der Waals surface area contributed by atoms with Crippen LogP contribution in [-0.4, -0.2) is 54.9 Å². The van der Waals surface area contributed by atoms with Crippen molar-refractivity contribution >= 4 is 55.8 Å². The summed E-state index contributed by atoms with van der Waals surface area (Å²) in [5.74, 6) is -1.31. The van der Waals surface area contributed by atoms with Crippen LogP contribution in [0, 0.1) is 0 Å². The molecule has 0 radical (unpaired) electrons. The minimum Gasteiger partial charge on any atom is -0.358 e. The van der Waals surface area contributed by atoms with Crippen molar-refractivity contribution in [3.05, 3.63) is 69.8 Å². The number of benzene rings is 2. The number of nitrogens with one attached hydrogen (secondary N) is 1. The van der Waals surface area contributed by atoms with E-state index in [4.69, 9.17) is 23.2 Å². The molecule has 35 heavy (non-hydrogen) atoms. The first-order valence-electron chi connectivity index (χ1n) is 11.3. The molecule has 10 heteroatoms. The molecule has 1 amide bonds. The number of hydrogen-bond acceptors (Lipinski definition) is 4. The van der Waals surface area contributed by atoms with Crippen LogP contribution in [-0.2, 0) is 27.3 Å². The smallest absolute Gasteiger partial charge is 0.236 e. The summed E-state index contributed by atoms with van der Waals surface area (Å²) in [4.78, 5) is 25.6. The highest BCUT2D eigenvalue weighted by Crippen LogP contribution is 2.40. The van der Waals surface area contributed by atoms with Gasteiger partial charge in [-0.05, 0) is 36.6 Å². The normalized spacial score (nSPS) is 19.1. The highest BCUT2D eigenvalue weighted by atomic mass is 35.5. The molecule has 7 nitrogen and oxygen atoms in total. The zero-order valence-electron chi connectivity index (χ0n) is 19.6. The molecule has 1 aliphatic rings. The maximum absolute atomic E-state index is 13.7. The second kappa shape index (κ2) is 9.93. The van der Waals surface area contributed by atoms with Crippen LogP contribution in [0.3, 0.4) is 0 Å². The van der Waals surface area contributed by atoms with E-state index in [1.54, 1.807) is 23.7 Å². The first-order valence-corrected chi connectivity index (χ1v) is 13.6. The van der Waals surface area contributed by atoms with E-state index in [1.165, 1.54) is 11.4 Å². The molecule has 1 fully saturated rings. The van der Waals surface area contributed by atoms with Gasteiger partial charge in [-0.15, -0.1) is 0 Å². The van der Waals surface area contributed by atoms with E-state index in [1.807, 2.05) is 36.4 Å². The fraction of sp³-hybridized carbons (Fsp3) is 0.360. The first kappa shape index (κ1) is 25.7. The summed E-state index contributed by atoms with van der Waals surface area (Å²) < 4.78 is 29.2. The highest BCUT2D eigenvalue weighted by Gasteiger charge is 2.43. The van der Waals surface area contributed by atoms with Crippen LogP contribution in [0.1, 0.15) is 35.3 Å². The molecule has 1 aliphatic heterocycles. The molecule has 2 aromatic carbocycles. The monoisotopic (exact) mass is 535 g/mol. The summed E-state index contributed by atoms with van der Waals surface area (Å²) in [5.41, 5.74) is 1.43. The molecule has 4 rings (SSSR count). The van der Waals surface area contributed by atoms with Gasteiger partial charge in [-0.25, -0.2) is 12.7 Å².